The lowest BCUT2D eigenvalue weighted by Gasteiger charge is -2.42. The van der Waals surface area contributed by atoms with Gasteiger partial charge in [0.1, 0.15) is 55.4 Å². The van der Waals surface area contributed by atoms with Crippen molar-refractivity contribution >= 4 is 11.9 Å². The predicted molar refractivity (Wildman–Crippen MR) is 284 cm³/mol. The number of hydrogen-bond acceptors (Lipinski definition) is 15. The molecule has 15 nitrogen and oxygen atoms in total. The molecule has 2 aliphatic rings. The zero-order valence-electron chi connectivity index (χ0n) is 44.9. The fraction of sp³-hybridized carbons (Fsp3) is 0.793. The Hall–Kier alpha value is -2.80. The summed E-state index contributed by atoms with van der Waals surface area (Å²) in [6, 6.07) is 0. The molecule has 0 spiro atoms. The second kappa shape index (κ2) is 44.3. The van der Waals surface area contributed by atoms with Gasteiger partial charge >= 0.3 is 11.9 Å². The van der Waals surface area contributed by atoms with Gasteiger partial charge in [-0.25, -0.2) is 0 Å². The Balaban J connectivity index is 1.78. The molecule has 0 bridgehead atoms. The maximum Gasteiger partial charge on any atom is 0.306 e. The lowest BCUT2D eigenvalue weighted by molar-refractivity contribution is -0.332. The maximum atomic E-state index is 13.0. The summed E-state index contributed by atoms with van der Waals surface area (Å²) in [5, 5.41) is 72.2. The molecule has 15 heteroatoms. The van der Waals surface area contributed by atoms with Gasteiger partial charge in [0, 0.05) is 12.8 Å². The van der Waals surface area contributed by atoms with E-state index in [1.54, 1.807) is 0 Å². The Kier molecular flexibility index (Phi) is 40.3. The largest absolute Gasteiger partial charge is 0.462 e. The molecule has 73 heavy (non-hydrogen) atoms. The third kappa shape index (κ3) is 31.8. The van der Waals surface area contributed by atoms with Crippen molar-refractivity contribution in [3.8, 4) is 0 Å². The summed E-state index contributed by atoms with van der Waals surface area (Å²) in [6.07, 6.45) is 35.4. The standard InChI is InChI=1S/C58H100O15/c1-3-5-7-9-11-13-15-17-19-21-22-23-25-26-28-30-32-34-36-38-40-49(60)68-43-46(71-50(61)41-39-37-35-33-31-29-27-24-20-18-16-14-12-10-8-6-4-2)44-69-57-56(67)54(65)52(63)48(73-57)45-70-58-55(66)53(64)51(62)47(42-59)72-58/h6,8,12,14,18,20,27,29,33,35,46-48,51-59,62-67H,3-5,7,9-11,13,15-17,19,21-26,28,30-32,34,36-45H2,1-2H3/b8-6-,14-12-,20-18-,29-27-,35-33-. The van der Waals surface area contributed by atoms with Crippen LogP contribution in [0.3, 0.4) is 0 Å². The number of hydrogen-bond donors (Lipinski definition) is 7. The van der Waals surface area contributed by atoms with E-state index in [0.29, 0.717) is 19.3 Å². The van der Waals surface area contributed by atoms with Crippen LogP contribution in [-0.4, -0.2) is 142 Å². The maximum absolute atomic E-state index is 13.0. The highest BCUT2D eigenvalue weighted by molar-refractivity contribution is 5.70. The van der Waals surface area contributed by atoms with E-state index < -0.39 is 99.3 Å². The van der Waals surface area contributed by atoms with Crippen LogP contribution in [0.15, 0.2) is 60.8 Å². The van der Waals surface area contributed by atoms with Crippen LogP contribution < -0.4 is 0 Å². The van der Waals surface area contributed by atoms with Crippen molar-refractivity contribution in [2.45, 2.75) is 268 Å². The Morgan fingerprint density at radius 1 is 0.452 bits per heavy atom. The summed E-state index contributed by atoms with van der Waals surface area (Å²) in [6.45, 7) is 2.44. The van der Waals surface area contributed by atoms with Gasteiger partial charge in [0.15, 0.2) is 18.7 Å². The Bertz CT molecular complexity index is 1500. The van der Waals surface area contributed by atoms with Crippen molar-refractivity contribution in [3.05, 3.63) is 60.8 Å². The SMILES string of the molecule is CC/C=C\C/C=C\C/C=C\C/C=C\C/C=C\CCCC(=O)OC(COC(=O)CCCCCCCCCCCCCCCCCCCCCC)COC1OC(COC2OC(CO)C(O)C(O)C2O)C(O)C(O)C1O. The quantitative estimate of drug-likeness (QED) is 0.0171. The van der Waals surface area contributed by atoms with E-state index in [1.165, 1.54) is 103 Å². The van der Waals surface area contributed by atoms with E-state index in [2.05, 4.69) is 62.5 Å². The minimum Gasteiger partial charge on any atom is -0.462 e. The second-order valence-electron chi connectivity index (χ2n) is 19.7. The Labute approximate surface area is 439 Å². The summed E-state index contributed by atoms with van der Waals surface area (Å²) in [4.78, 5) is 25.8. The molecule has 0 aliphatic carbocycles. The first-order chi connectivity index (χ1) is 35.5. The van der Waals surface area contributed by atoms with Gasteiger partial charge in [-0.15, -0.1) is 0 Å². The smallest absolute Gasteiger partial charge is 0.306 e. The number of carbonyl (C=O) groups is 2. The average Bonchev–Trinajstić information content (AvgIpc) is 3.38. The van der Waals surface area contributed by atoms with Gasteiger partial charge in [-0.2, -0.15) is 0 Å². The second-order valence-corrected chi connectivity index (χ2v) is 19.7. The molecule has 2 saturated heterocycles. The lowest BCUT2D eigenvalue weighted by atomic mass is 9.98. The number of aliphatic hydroxyl groups is 7. The van der Waals surface area contributed by atoms with Crippen molar-refractivity contribution < 1.29 is 73.8 Å². The van der Waals surface area contributed by atoms with Gasteiger partial charge in [-0.3, -0.25) is 9.59 Å². The van der Waals surface area contributed by atoms with Gasteiger partial charge < -0.3 is 64.2 Å². The Morgan fingerprint density at radius 3 is 1.34 bits per heavy atom. The van der Waals surface area contributed by atoms with E-state index in [9.17, 15) is 45.3 Å². The monoisotopic (exact) mass is 1040 g/mol. The molecule has 422 valence electrons. The highest BCUT2D eigenvalue weighted by atomic mass is 16.7. The van der Waals surface area contributed by atoms with Gasteiger partial charge in [0.05, 0.1) is 19.8 Å². The fourth-order valence-corrected chi connectivity index (χ4v) is 8.67. The fourth-order valence-electron chi connectivity index (χ4n) is 8.67. The molecule has 0 aromatic rings. The van der Waals surface area contributed by atoms with E-state index in [0.717, 1.165) is 51.4 Å². The summed E-state index contributed by atoms with van der Waals surface area (Å²) < 4.78 is 33.6. The van der Waals surface area contributed by atoms with Crippen molar-refractivity contribution in [1.29, 1.82) is 0 Å². The van der Waals surface area contributed by atoms with Crippen molar-refractivity contribution in [1.82, 2.24) is 0 Å². The molecule has 0 radical (unpaired) electrons. The number of aliphatic hydroxyl groups excluding tert-OH is 7. The number of unbranched alkanes of at least 4 members (excludes halogenated alkanes) is 20. The van der Waals surface area contributed by atoms with Crippen molar-refractivity contribution in [2.24, 2.45) is 0 Å². The van der Waals surface area contributed by atoms with Crippen LogP contribution in [0.5, 0.6) is 0 Å². The average molecular weight is 1040 g/mol. The first kappa shape index (κ1) is 66.3. The van der Waals surface area contributed by atoms with Crippen LogP contribution in [0, 0.1) is 0 Å². The van der Waals surface area contributed by atoms with Gasteiger partial charge in [-0.05, 0) is 51.4 Å². The van der Waals surface area contributed by atoms with Crippen LogP contribution >= 0.6 is 0 Å². The third-order valence-corrected chi connectivity index (χ3v) is 13.3. The molecule has 2 rings (SSSR count). The number of carbonyl (C=O) groups excluding carboxylic acids is 2. The van der Waals surface area contributed by atoms with E-state index >= 15 is 0 Å². The van der Waals surface area contributed by atoms with Gasteiger partial charge in [0.2, 0.25) is 0 Å². The van der Waals surface area contributed by atoms with E-state index in [4.69, 9.17) is 28.4 Å². The third-order valence-electron chi connectivity index (χ3n) is 13.3. The minimum atomic E-state index is -1.78. The first-order valence-electron chi connectivity index (χ1n) is 28.4. The lowest BCUT2D eigenvalue weighted by Crippen LogP contribution is -2.61. The number of esters is 2. The molecule has 2 heterocycles. The zero-order chi connectivity index (χ0) is 53.2. The highest BCUT2D eigenvalue weighted by Crippen LogP contribution is 2.27. The van der Waals surface area contributed by atoms with Crippen LogP contribution in [0.25, 0.3) is 0 Å². The first-order valence-corrected chi connectivity index (χ1v) is 28.4. The summed E-state index contributed by atoms with van der Waals surface area (Å²) in [5.74, 6) is -0.989. The molecule has 2 aliphatic heterocycles. The van der Waals surface area contributed by atoms with Crippen molar-refractivity contribution in [2.75, 3.05) is 26.4 Å². The molecule has 0 amide bonds. The molecule has 11 unspecified atom stereocenters. The molecular weight excluding hydrogens is 937 g/mol. The zero-order valence-corrected chi connectivity index (χ0v) is 44.9. The van der Waals surface area contributed by atoms with Crippen LogP contribution in [0.1, 0.15) is 200 Å². The normalized spacial score (nSPS) is 25.3. The molecule has 0 aromatic carbocycles. The van der Waals surface area contributed by atoms with Crippen LogP contribution in [0.2, 0.25) is 0 Å². The molecule has 0 aromatic heterocycles. The molecular formula is C58H100O15. The van der Waals surface area contributed by atoms with E-state index in [1.807, 2.05) is 12.2 Å². The van der Waals surface area contributed by atoms with Crippen LogP contribution in [-0.2, 0) is 38.0 Å². The predicted octanol–water partition coefficient (Wildman–Crippen LogP) is 9.22. The van der Waals surface area contributed by atoms with Gasteiger partial charge in [-0.1, -0.05) is 197 Å². The van der Waals surface area contributed by atoms with Crippen LogP contribution in [0.4, 0.5) is 0 Å². The summed E-state index contributed by atoms with van der Waals surface area (Å²) in [5.41, 5.74) is 0. The van der Waals surface area contributed by atoms with E-state index in [-0.39, 0.29) is 19.4 Å². The minimum absolute atomic E-state index is 0.0863. The molecule has 11 atom stereocenters. The summed E-state index contributed by atoms with van der Waals surface area (Å²) in [7, 11) is 0. The highest BCUT2D eigenvalue weighted by Gasteiger charge is 2.47. The number of rotatable bonds is 44. The topological polar surface area (TPSA) is 231 Å². The molecule has 2 fully saturated rings. The number of allylic oxidation sites excluding steroid dienone is 10. The molecule has 0 saturated carbocycles. The number of ether oxygens (including phenoxy) is 6. The van der Waals surface area contributed by atoms with Crippen molar-refractivity contribution in [3.63, 3.8) is 0 Å². The Morgan fingerprint density at radius 2 is 0.863 bits per heavy atom. The summed E-state index contributed by atoms with van der Waals surface area (Å²) >= 11 is 0. The molecule has 7 N–H and O–H groups in total. The van der Waals surface area contributed by atoms with Gasteiger partial charge in [0.25, 0.3) is 0 Å².